The highest BCUT2D eigenvalue weighted by Gasteiger charge is 2.20. The topological polar surface area (TPSA) is 41.1 Å². The van der Waals surface area contributed by atoms with Crippen LogP contribution in [0.1, 0.15) is 18.4 Å². The standard InChI is InChI=1S/C19H21ClN2O.ClH/c20-17-7-5-14(6-8-17)18-4-2-1-3-16(18)13-22-19(23)15-9-11-21-12-10-15;/h1-8,15,21H,9-13H2,(H,22,23);1H. The Bertz CT molecular complexity index is 667. The summed E-state index contributed by atoms with van der Waals surface area (Å²) in [5, 5.41) is 7.11. The predicted octanol–water partition coefficient (Wildman–Crippen LogP) is 4.04. The molecule has 2 N–H and O–H groups in total. The van der Waals surface area contributed by atoms with Gasteiger partial charge in [0.25, 0.3) is 0 Å². The molecule has 1 amide bonds. The van der Waals surface area contributed by atoms with Gasteiger partial charge in [-0.2, -0.15) is 0 Å². The summed E-state index contributed by atoms with van der Waals surface area (Å²) in [5.41, 5.74) is 3.37. The van der Waals surface area contributed by atoms with E-state index >= 15 is 0 Å². The lowest BCUT2D eigenvalue weighted by molar-refractivity contribution is -0.125. The van der Waals surface area contributed by atoms with Crippen molar-refractivity contribution < 1.29 is 4.79 Å². The molecular weight excluding hydrogens is 343 g/mol. The van der Waals surface area contributed by atoms with Crippen molar-refractivity contribution in [3.8, 4) is 11.1 Å². The van der Waals surface area contributed by atoms with Crippen molar-refractivity contribution in [2.24, 2.45) is 5.92 Å². The second kappa shape index (κ2) is 9.07. The number of carbonyl (C=O) groups excluding carboxylic acids is 1. The third kappa shape index (κ3) is 4.73. The maximum absolute atomic E-state index is 12.3. The summed E-state index contributed by atoms with van der Waals surface area (Å²) >= 11 is 5.97. The van der Waals surface area contributed by atoms with Crippen LogP contribution in [0.2, 0.25) is 5.02 Å². The molecule has 1 saturated heterocycles. The molecule has 1 aliphatic heterocycles. The zero-order chi connectivity index (χ0) is 16.1. The molecule has 1 heterocycles. The lowest BCUT2D eigenvalue weighted by Crippen LogP contribution is -2.37. The SMILES string of the molecule is Cl.O=C(NCc1ccccc1-c1ccc(Cl)cc1)C1CCNCC1. The van der Waals surface area contributed by atoms with E-state index in [9.17, 15) is 4.79 Å². The van der Waals surface area contributed by atoms with Crippen LogP contribution >= 0.6 is 24.0 Å². The van der Waals surface area contributed by atoms with E-state index in [1.54, 1.807) is 0 Å². The Labute approximate surface area is 154 Å². The van der Waals surface area contributed by atoms with Crippen molar-refractivity contribution in [1.82, 2.24) is 10.6 Å². The fraction of sp³-hybridized carbons (Fsp3) is 0.316. The average Bonchev–Trinajstić information content (AvgIpc) is 2.61. The van der Waals surface area contributed by atoms with Crippen LogP contribution in [-0.4, -0.2) is 19.0 Å². The summed E-state index contributed by atoms with van der Waals surface area (Å²) in [6.07, 6.45) is 1.84. The van der Waals surface area contributed by atoms with E-state index in [0.717, 1.165) is 47.6 Å². The number of hydrogen-bond acceptors (Lipinski definition) is 2. The molecule has 3 rings (SSSR count). The molecule has 1 aliphatic rings. The number of piperidine rings is 1. The first-order valence-corrected chi connectivity index (χ1v) is 8.44. The number of carbonyl (C=O) groups is 1. The van der Waals surface area contributed by atoms with Crippen LogP contribution in [0.15, 0.2) is 48.5 Å². The van der Waals surface area contributed by atoms with Gasteiger partial charge < -0.3 is 10.6 Å². The average molecular weight is 365 g/mol. The molecule has 0 unspecified atom stereocenters. The van der Waals surface area contributed by atoms with E-state index in [0.29, 0.717) is 6.54 Å². The van der Waals surface area contributed by atoms with Crippen LogP contribution in [0.4, 0.5) is 0 Å². The first-order valence-electron chi connectivity index (χ1n) is 8.06. The number of hydrogen-bond donors (Lipinski definition) is 2. The minimum absolute atomic E-state index is 0. The molecule has 24 heavy (non-hydrogen) atoms. The molecule has 5 heteroatoms. The summed E-state index contributed by atoms with van der Waals surface area (Å²) < 4.78 is 0. The van der Waals surface area contributed by atoms with Gasteiger partial charge in [-0.05, 0) is 54.8 Å². The van der Waals surface area contributed by atoms with Crippen LogP contribution in [0.25, 0.3) is 11.1 Å². The Morgan fingerprint density at radius 3 is 2.46 bits per heavy atom. The summed E-state index contributed by atoms with van der Waals surface area (Å²) in [6.45, 7) is 2.42. The number of amides is 1. The Kier molecular flexibility index (Phi) is 7.10. The largest absolute Gasteiger partial charge is 0.352 e. The number of halogens is 2. The summed E-state index contributed by atoms with van der Waals surface area (Å²) in [6, 6.07) is 16.0. The highest BCUT2D eigenvalue weighted by atomic mass is 35.5. The van der Waals surface area contributed by atoms with Crippen LogP contribution in [0, 0.1) is 5.92 Å². The number of rotatable bonds is 4. The maximum atomic E-state index is 12.3. The van der Waals surface area contributed by atoms with E-state index in [4.69, 9.17) is 11.6 Å². The second-order valence-electron chi connectivity index (χ2n) is 5.91. The van der Waals surface area contributed by atoms with Crippen LogP contribution < -0.4 is 10.6 Å². The van der Waals surface area contributed by atoms with E-state index < -0.39 is 0 Å². The molecule has 128 valence electrons. The molecule has 2 aromatic carbocycles. The van der Waals surface area contributed by atoms with Crippen molar-refractivity contribution in [3.63, 3.8) is 0 Å². The number of benzene rings is 2. The van der Waals surface area contributed by atoms with Crippen LogP contribution in [0.5, 0.6) is 0 Å². The van der Waals surface area contributed by atoms with Gasteiger partial charge >= 0.3 is 0 Å². The van der Waals surface area contributed by atoms with Crippen LogP contribution in [-0.2, 0) is 11.3 Å². The Morgan fingerprint density at radius 2 is 1.75 bits per heavy atom. The molecule has 0 spiro atoms. The van der Waals surface area contributed by atoms with Gasteiger partial charge in [0.1, 0.15) is 0 Å². The first kappa shape index (κ1) is 18.8. The smallest absolute Gasteiger partial charge is 0.223 e. The zero-order valence-electron chi connectivity index (χ0n) is 13.4. The molecule has 1 fully saturated rings. The normalized spacial score (nSPS) is 14.7. The van der Waals surface area contributed by atoms with Gasteiger partial charge in [-0.15, -0.1) is 12.4 Å². The quantitative estimate of drug-likeness (QED) is 0.859. The highest BCUT2D eigenvalue weighted by molar-refractivity contribution is 6.30. The van der Waals surface area contributed by atoms with Gasteiger partial charge in [-0.25, -0.2) is 0 Å². The molecule has 3 nitrogen and oxygen atoms in total. The van der Waals surface area contributed by atoms with Gasteiger partial charge in [0.2, 0.25) is 5.91 Å². The summed E-state index contributed by atoms with van der Waals surface area (Å²) in [5.74, 6) is 0.302. The third-order valence-electron chi connectivity index (χ3n) is 4.34. The number of nitrogens with one attached hydrogen (secondary N) is 2. The Hall–Kier alpha value is -1.55. The van der Waals surface area contributed by atoms with E-state index in [1.165, 1.54) is 0 Å². The monoisotopic (exact) mass is 364 g/mol. The second-order valence-corrected chi connectivity index (χ2v) is 6.34. The third-order valence-corrected chi connectivity index (χ3v) is 4.59. The molecule has 0 radical (unpaired) electrons. The van der Waals surface area contributed by atoms with E-state index in [-0.39, 0.29) is 24.2 Å². The van der Waals surface area contributed by atoms with Gasteiger partial charge in [0.15, 0.2) is 0 Å². The van der Waals surface area contributed by atoms with Crippen molar-refractivity contribution in [2.45, 2.75) is 19.4 Å². The predicted molar refractivity (Wildman–Crippen MR) is 102 cm³/mol. The van der Waals surface area contributed by atoms with Crippen molar-refractivity contribution in [1.29, 1.82) is 0 Å². The van der Waals surface area contributed by atoms with Crippen LogP contribution in [0.3, 0.4) is 0 Å². The molecule has 0 aliphatic carbocycles. The van der Waals surface area contributed by atoms with Gasteiger partial charge in [0.05, 0.1) is 0 Å². The first-order chi connectivity index (χ1) is 11.2. The summed E-state index contributed by atoms with van der Waals surface area (Å²) in [7, 11) is 0. The van der Waals surface area contributed by atoms with Crippen molar-refractivity contribution in [3.05, 3.63) is 59.1 Å². The summed E-state index contributed by atoms with van der Waals surface area (Å²) in [4.78, 5) is 12.3. The zero-order valence-corrected chi connectivity index (χ0v) is 15.0. The lowest BCUT2D eigenvalue weighted by atomic mass is 9.96. The highest BCUT2D eigenvalue weighted by Crippen LogP contribution is 2.25. The molecule has 0 aromatic heterocycles. The molecule has 0 atom stereocenters. The maximum Gasteiger partial charge on any atom is 0.223 e. The fourth-order valence-electron chi connectivity index (χ4n) is 3.00. The van der Waals surface area contributed by atoms with Gasteiger partial charge in [-0.1, -0.05) is 48.0 Å². The van der Waals surface area contributed by atoms with E-state index in [1.807, 2.05) is 36.4 Å². The minimum Gasteiger partial charge on any atom is -0.352 e. The Morgan fingerprint density at radius 1 is 1.08 bits per heavy atom. The van der Waals surface area contributed by atoms with Gasteiger partial charge in [0, 0.05) is 17.5 Å². The molecule has 0 saturated carbocycles. The fourth-order valence-corrected chi connectivity index (χ4v) is 3.12. The van der Waals surface area contributed by atoms with Crippen molar-refractivity contribution >= 4 is 29.9 Å². The minimum atomic E-state index is 0. The molecular formula is C19H22Cl2N2O. The molecule has 2 aromatic rings. The van der Waals surface area contributed by atoms with E-state index in [2.05, 4.69) is 22.8 Å². The van der Waals surface area contributed by atoms with Gasteiger partial charge in [-0.3, -0.25) is 4.79 Å². The molecule has 0 bridgehead atoms. The van der Waals surface area contributed by atoms with Crippen molar-refractivity contribution in [2.75, 3.05) is 13.1 Å². The Balaban J connectivity index is 0.00000208. The lowest BCUT2D eigenvalue weighted by Gasteiger charge is -2.22.